The Morgan fingerprint density at radius 2 is 1.75 bits per heavy atom. The standard InChI is InChI=1S/C16H26N6O2/c1-12-7-6-10-21(11-12)15-13(22(23)24)14(17)18-16(19-15)20-8-4-2-3-5-9-20/h12H,2-11H2,1H3,(H2,17,18,19)/t12-/m0/s1. The minimum Gasteiger partial charge on any atom is -0.378 e. The summed E-state index contributed by atoms with van der Waals surface area (Å²) in [4.78, 5) is 24.0. The van der Waals surface area contributed by atoms with Crippen molar-refractivity contribution in [3.8, 4) is 0 Å². The predicted octanol–water partition coefficient (Wildman–Crippen LogP) is 2.58. The van der Waals surface area contributed by atoms with Crippen molar-refractivity contribution in [2.24, 2.45) is 5.92 Å². The summed E-state index contributed by atoms with van der Waals surface area (Å²) in [5, 5.41) is 11.5. The molecular formula is C16H26N6O2. The van der Waals surface area contributed by atoms with Gasteiger partial charge in [0.2, 0.25) is 17.6 Å². The van der Waals surface area contributed by atoms with Crippen LogP contribution in [-0.4, -0.2) is 41.1 Å². The van der Waals surface area contributed by atoms with Crippen molar-refractivity contribution in [1.29, 1.82) is 0 Å². The first-order valence-electron chi connectivity index (χ1n) is 8.88. The SMILES string of the molecule is C[C@H]1CCCN(c2nc(N3CCCCCC3)nc(N)c2[N+](=O)[O-])C1. The van der Waals surface area contributed by atoms with Crippen molar-refractivity contribution in [3.63, 3.8) is 0 Å². The molecule has 2 aliphatic rings. The number of piperidine rings is 1. The molecule has 0 radical (unpaired) electrons. The van der Waals surface area contributed by atoms with Gasteiger partial charge in [-0.05, 0) is 31.6 Å². The number of rotatable bonds is 3. The van der Waals surface area contributed by atoms with E-state index in [0.29, 0.717) is 17.7 Å². The maximum absolute atomic E-state index is 11.5. The minimum absolute atomic E-state index is 0.0255. The monoisotopic (exact) mass is 334 g/mol. The summed E-state index contributed by atoms with van der Waals surface area (Å²) in [6.45, 7) is 5.48. The zero-order valence-corrected chi connectivity index (χ0v) is 14.3. The van der Waals surface area contributed by atoms with E-state index in [1.54, 1.807) is 0 Å². The lowest BCUT2D eigenvalue weighted by Crippen LogP contribution is -2.36. The molecule has 0 saturated carbocycles. The molecule has 8 nitrogen and oxygen atoms in total. The van der Waals surface area contributed by atoms with Gasteiger partial charge in [-0.2, -0.15) is 9.97 Å². The zero-order chi connectivity index (χ0) is 17.1. The quantitative estimate of drug-likeness (QED) is 0.669. The van der Waals surface area contributed by atoms with Crippen molar-refractivity contribution >= 4 is 23.3 Å². The largest absolute Gasteiger partial charge is 0.378 e. The molecule has 132 valence electrons. The Morgan fingerprint density at radius 3 is 2.38 bits per heavy atom. The van der Waals surface area contributed by atoms with E-state index in [0.717, 1.165) is 51.9 Å². The molecule has 2 fully saturated rings. The summed E-state index contributed by atoms with van der Waals surface area (Å²) in [6, 6.07) is 0. The Bertz CT molecular complexity index is 600. The van der Waals surface area contributed by atoms with Crippen molar-refractivity contribution < 1.29 is 4.92 Å². The maximum Gasteiger partial charge on any atom is 0.353 e. The summed E-state index contributed by atoms with van der Waals surface area (Å²) in [6.07, 6.45) is 6.75. The van der Waals surface area contributed by atoms with Crippen LogP contribution in [0, 0.1) is 16.0 Å². The van der Waals surface area contributed by atoms with Crippen LogP contribution in [0.15, 0.2) is 0 Å². The van der Waals surface area contributed by atoms with Gasteiger partial charge in [-0.25, -0.2) is 0 Å². The van der Waals surface area contributed by atoms with E-state index in [1.807, 2.05) is 4.90 Å². The number of hydrogen-bond acceptors (Lipinski definition) is 7. The van der Waals surface area contributed by atoms with Gasteiger partial charge in [0, 0.05) is 26.2 Å². The molecule has 2 saturated heterocycles. The fourth-order valence-electron chi connectivity index (χ4n) is 3.64. The third-order valence-electron chi connectivity index (χ3n) is 4.91. The van der Waals surface area contributed by atoms with Crippen LogP contribution in [0.1, 0.15) is 45.4 Å². The number of nitrogens with two attached hydrogens (primary N) is 1. The van der Waals surface area contributed by atoms with Gasteiger partial charge in [-0.15, -0.1) is 0 Å². The van der Waals surface area contributed by atoms with Crippen LogP contribution in [0.2, 0.25) is 0 Å². The van der Waals surface area contributed by atoms with Crippen LogP contribution < -0.4 is 15.5 Å². The van der Waals surface area contributed by atoms with Gasteiger partial charge in [0.15, 0.2) is 0 Å². The lowest BCUT2D eigenvalue weighted by molar-refractivity contribution is -0.383. The van der Waals surface area contributed by atoms with Crippen molar-refractivity contribution in [3.05, 3.63) is 10.1 Å². The lowest BCUT2D eigenvalue weighted by atomic mass is 10.0. The van der Waals surface area contributed by atoms with Crippen LogP contribution in [0.25, 0.3) is 0 Å². The summed E-state index contributed by atoms with van der Waals surface area (Å²) in [5.74, 6) is 1.39. The highest BCUT2D eigenvalue weighted by Gasteiger charge is 2.30. The fraction of sp³-hybridized carbons (Fsp3) is 0.750. The molecule has 0 aliphatic carbocycles. The van der Waals surface area contributed by atoms with Crippen LogP contribution in [0.3, 0.4) is 0 Å². The van der Waals surface area contributed by atoms with E-state index in [2.05, 4.69) is 21.8 Å². The molecule has 3 heterocycles. The number of anilines is 3. The van der Waals surface area contributed by atoms with Gasteiger partial charge in [0.1, 0.15) is 0 Å². The van der Waals surface area contributed by atoms with Gasteiger partial charge in [-0.3, -0.25) is 10.1 Å². The second-order valence-corrected chi connectivity index (χ2v) is 6.93. The Kier molecular flexibility index (Phi) is 5.01. The molecule has 0 amide bonds. The highest BCUT2D eigenvalue weighted by Crippen LogP contribution is 2.35. The Labute approximate surface area is 142 Å². The molecule has 1 aromatic heterocycles. The normalized spacial score (nSPS) is 22.3. The van der Waals surface area contributed by atoms with Gasteiger partial charge in [0.05, 0.1) is 4.92 Å². The van der Waals surface area contributed by atoms with E-state index >= 15 is 0 Å². The van der Waals surface area contributed by atoms with Crippen LogP contribution in [-0.2, 0) is 0 Å². The number of nitrogens with zero attached hydrogens (tertiary/aromatic N) is 5. The first-order valence-corrected chi connectivity index (χ1v) is 8.88. The summed E-state index contributed by atoms with van der Waals surface area (Å²) in [7, 11) is 0. The van der Waals surface area contributed by atoms with Crippen molar-refractivity contribution in [1.82, 2.24) is 9.97 Å². The third kappa shape index (κ3) is 3.52. The van der Waals surface area contributed by atoms with Crippen molar-refractivity contribution in [2.75, 3.05) is 41.7 Å². The average Bonchev–Trinajstić information content (AvgIpc) is 2.83. The molecule has 2 aliphatic heterocycles. The summed E-state index contributed by atoms with van der Waals surface area (Å²) in [5.41, 5.74) is 5.81. The van der Waals surface area contributed by atoms with Gasteiger partial charge in [0.25, 0.3) is 0 Å². The van der Waals surface area contributed by atoms with E-state index in [9.17, 15) is 10.1 Å². The number of nitro groups is 1. The molecule has 2 N–H and O–H groups in total. The minimum atomic E-state index is -0.448. The van der Waals surface area contributed by atoms with Crippen LogP contribution >= 0.6 is 0 Å². The topological polar surface area (TPSA) is 101 Å². The third-order valence-corrected chi connectivity index (χ3v) is 4.91. The van der Waals surface area contributed by atoms with E-state index in [4.69, 9.17) is 5.73 Å². The highest BCUT2D eigenvalue weighted by atomic mass is 16.6. The van der Waals surface area contributed by atoms with Crippen molar-refractivity contribution in [2.45, 2.75) is 45.4 Å². The van der Waals surface area contributed by atoms with E-state index in [1.165, 1.54) is 12.8 Å². The summed E-state index contributed by atoms with van der Waals surface area (Å²) >= 11 is 0. The Morgan fingerprint density at radius 1 is 1.08 bits per heavy atom. The Balaban J connectivity index is 1.98. The first kappa shape index (κ1) is 16.7. The molecule has 0 spiro atoms. The van der Waals surface area contributed by atoms with Crippen LogP contribution in [0.4, 0.5) is 23.3 Å². The number of nitrogen functional groups attached to an aromatic ring is 1. The summed E-state index contributed by atoms with van der Waals surface area (Å²) < 4.78 is 0. The van der Waals surface area contributed by atoms with Gasteiger partial charge >= 0.3 is 5.69 Å². The van der Waals surface area contributed by atoms with Crippen LogP contribution in [0.5, 0.6) is 0 Å². The molecule has 8 heteroatoms. The molecule has 1 aromatic rings. The number of aromatic nitrogens is 2. The molecule has 3 rings (SSSR count). The Hall–Kier alpha value is -2.12. The van der Waals surface area contributed by atoms with Gasteiger partial charge < -0.3 is 15.5 Å². The highest BCUT2D eigenvalue weighted by molar-refractivity contribution is 5.71. The first-order chi connectivity index (χ1) is 11.6. The average molecular weight is 334 g/mol. The molecular weight excluding hydrogens is 308 g/mol. The van der Waals surface area contributed by atoms with E-state index < -0.39 is 4.92 Å². The molecule has 0 aromatic carbocycles. The lowest BCUT2D eigenvalue weighted by Gasteiger charge is -2.32. The van der Waals surface area contributed by atoms with Gasteiger partial charge in [-0.1, -0.05) is 19.8 Å². The fourth-order valence-corrected chi connectivity index (χ4v) is 3.64. The molecule has 1 atom stereocenters. The molecule has 0 bridgehead atoms. The predicted molar refractivity (Wildman–Crippen MR) is 94.4 cm³/mol. The zero-order valence-electron chi connectivity index (χ0n) is 14.3. The maximum atomic E-state index is 11.5. The van der Waals surface area contributed by atoms with E-state index in [-0.39, 0.29) is 11.5 Å². The second kappa shape index (κ2) is 7.19. The molecule has 24 heavy (non-hydrogen) atoms. The molecule has 0 unspecified atom stereocenters. The smallest absolute Gasteiger partial charge is 0.353 e. The second-order valence-electron chi connectivity index (χ2n) is 6.93. The number of hydrogen-bond donors (Lipinski definition) is 1.